The Morgan fingerprint density at radius 1 is 1.56 bits per heavy atom. The number of nitrogens with zero attached hydrogens (tertiary/aromatic N) is 1. The maximum absolute atomic E-state index is 12.3. The van der Waals surface area contributed by atoms with Gasteiger partial charge in [0.25, 0.3) is 10.0 Å². The second kappa shape index (κ2) is 4.44. The summed E-state index contributed by atoms with van der Waals surface area (Å²) in [5.74, 6) is 0. The molecule has 1 aliphatic rings. The summed E-state index contributed by atoms with van der Waals surface area (Å²) in [6.45, 7) is 2.92. The average molecular weight is 260 g/mol. The summed E-state index contributed by atoms with van der Waals surface area (Å²) < 4.78 is 26.6. The van der Waals surface area contributed by atoms with E-state index in [4.69, 9.17) is 5.73 Å². The molecule has 0 amide bonds. The first kappa shape index (κ1) is 12.0. The highest BCUT2D eigenvalue weighted by molar-refractivity contribution is 7.91. The Labute approximate surface area is 100 Å². The number of sulfonamides is 1. The van der Waals surface area contributed by atoms with E-state index in [1.54, 1.807) is 10.4 Å². The molecule has 2 rings (SSSR count). The Hall–Kier alpha value is -0.430. The first-order valence-electron chi connectivity index (χ1n) is 5.34. The van der Waals surface area contributed by atoms with E-state index in [-0.39, 0.29) is 6.04 Å². The zero-order valence-corrected chi connectivity index (χ0v) is 10.9. The fourth-order valence-corrected chi connectivity index (χ4v) is 5.14. The summed E-state index contributed by atoms with van der Waals surface area (Å²) in [5.41, 5.74) is 5.60. The monoisotopic (exact) mass is 260 g/mol. The summed E-state index contributed by atoms with van der Waals surface area (Å²) in [5, 5.41) is 0. The minimum absolute atomic E-state index is 0.0209. The van der Waals surface area contributed by atoms with Crippen LogP contribution < -0.4 is 5.73 Å². The molecule has 90 valence electrons. The molecule has 16 heavy (non-hydrogen) atoms. The third kappa shape index (κ3) is 2.02. The topological polar surface area (TPSA) is 63.4 Å². The van der Waals surface area contributed by atoms with Crippen molar-refractivity contribution in [2.75, 3.05) is 13.1 Å². The van der Waals surface area contributed by atoms with Crippen molar-refractivity contribution in [2.45, 2.75) is 30.0 Å². The van der Waals surface area contributed by atoms with E-state index in [2.05, 4.69) is 0 Å². The zero-order valence-electron chi connectivity index (χ0n) is 9.22. The lowest BCUT2D eigenvalue weighted by Crippen LogP contribution is -2.39. The fraction of sp³-hybridized carbons (Fsp3) is 0.600. The lowest BCUT2D eigenvalue weighted by Gasteiger charge is -2.21. The van der Waals surface area contributed by atoms with Crippen LogP contribution in [-0.2, 0) is 10.0 Å². The van der Waals surface area contributed by atoms with E-state index in [1.807, 2.05) is 13.0 Å². The van der Waals surface area contributed by atoms with Crippen molar-refractivity contribution in [3.8, 4) is 0 Å². The molecule has 0 spiro atoms. The predicted molar refractivity (Wildman–Crippen MR) is 65.0 cm³/mol. The van der Waals surface area contributed by atoms with Crippen molar-refractivity contribution >= 4 is 21.4 Å². The van der Waals surface area contributed by atoms with Gasteiger partial charge in [-0.2, -0.15) is 4.31 Å². The lowest BCUT2D eigenvalue weighted by atomic mass is 10.2. The van der Waals surface area contributed by atoms with Crippen LogP contribution in [-0.4, -0.2) is 31.9 Å². The summed E-state index contributed by atoms with van der Waals surface area (Å²) in [7, 11) is -3.31. The van der Waals surface area contributed by atoms with Crippen molar-refractivity contribution in [3.05, 3.63) is 17.0 Å². The maximum atomic E-state index is 12.3. The first-order valence-corrected chi connectivity index (χ1v) is 7.59. The van der Waals surface area contributed by atoms with E-state index < -0.39 is 10.0 Å². The molecule has 2 N–H and O–H groups in total. The highest BCUT2D eigenvalue weighted by Crippen LogP contribution is 2.29. The second-order valence-electron chi connectivity index (χ2n) is 4.01. The van der Waals surface area contributed by atoms with Gasteiger partial charge in [-0.1, -0.05) is 0 Å². The van der Waals surface area contributed by atoms with E-state index in [0.29, 0.717) is 17.3 Å². The van der Waals surface area contributed by atoms with E-state index in [9.17, 15) is 8.42 Å². The number of thiophene rings is 1. The second-order valence-corrected chi connectivity index (χ2v) is 7.42. The molecule has 6 heteroatoms. The van der Waals surface area contributed by atoms with Crippen molar-refractivity contribution < 1.29 is 8.42 Å². The third-order valence-electron chi connectivity index (χ3n) is 2.87. The molecule has 0 aliphatic carbocycles. The van der Waals surface area contributed by atoms with E-state index >= 15 is 0 Å². The van der Waals surface area contributed by atoms with Crippen LogP contribution in [0.1, 0.15) is 17.7 Å². The van der Waals surface area contributed by atoms with Gasteiger partial charge in [0.15, 0.2) is 0 Å². The summed E-state index contributed by atoms with van der Waals surface area (Å²) >= 11 is 1.32. The van der Waals surface area contributed by atoms with Crippen LogP contribution in [0, 0.1) is 6.92 Å². The van der Waals surface area contributed by atoms with Crippen LogP contribution in [0.2, 0.25) is 0 Å². The molecule has 0 radical (unpaired) electrons. The minimum Gasteiger partial charge on any atom is -0.329 e. The molecule has 0 saturated carbocycles. The quantitative estimate of drug-likeness (QED) is 0.887. The maximum Gasteiger partial charge on any atom is 0.252 e. The first-order chi connectivity index (χ1) is 7.55. The Bertz CT molecular complexity index is 467. The summed E-state index contributed by atoms with van der Waals surface area (Å²) in [6.07, 6.45) is 1.78. The van der Waals surface area contributed by atoms with Crippen molar-refractivity contribution in [2.24, 2.45) is 5.73 Å². The van der Waals surface area contributed by atoms with Crippen molar-refractivity contribution in [1.29, 1.82) is 0 Å². The minimum atomic E-state index is -3.31. The van der Waals surface area contributed by atoms with Crippen LogP contribution in [0.15, 0.2) is 16.3 Å². The molecule has 1 saturated heterocycles. The Morgan fingerprint density at radius 2 is 2.31 bits per heavy atom. The zero-order chi connectivity index (χ0) is 11.8. The summed E-state index contributed by atoms with van der Waals surface area (Å²) in [4.78, 5) is 1.02. The van der Waals surface area contributed by atoms with Gasteiger partial charge in [-0.3, -0.25) is 0 Å². The molecule has 0 bridgehead atoms. The molecule has 4 nitrogen and oxygen atoms in total. The van der Waals surface area contributed by atoms with Gasteiger partial charge in [0, 0.05) is 24.0 Å². The standard InChI is InChI=1S/C10H16N2O2S2/c1-8-4-5-10(15-8)16(13,14)12-6-2-3-9(12)7-11/h4-5,9H,2-3,6-7,11H2,1H3/t9-/m0/s1. The Balaban J connectivity index is 2.32. The smallest absolute Gasteiger partial charge is 0.252 e. The fourth-order valence-electron chi connectivity index (χ4n) is 2.03. The molecule has 1 fully saturated rings. The molecule has 1 aromatic heterocycles. The molecular formula is C10H16N2O2S2. The average Bonchev–Trinajstić information content (AvgIpc) is 2.85. The molecule has 0 unspecified atom stereocenters. The van der Waals surface area contributed by atoms with Crippen molar-refractivity contribution in [3.63, 3.8) is 0 Å². The Kier molecular flexibility index (Phi) is 3.34. The third-order valence-corrected chi connectivity index (χ3v) is 6.29. The Morgan fingerprint density at radius 3 is 2.88 bits per heavy atom. The molecule has 1 aliphatic heterocycles. The number of nitrogens with two attached hydrogens (primary N) is 1. The van der Waals surface area contributed by atoms with Crippen LogP contribution in [0.3, 0.4) is 0 Å². The van der Waals surface area contributed by atoms with Gasteiger partial charge in [-0.15, -0.1) is 11.3 Å². The predicted octanol–water partition coefficient (Wildman–Crippen LogP) is 1.17. The highest BCUT2D eigenvalue weighted by Gasteiger charge is 2.35. The highest BCUT2D eigenvalue weighted by atomic mass is 32.2. The molecule has 2 heterocycles. The lowest BCUT2D eigenvalue weighted by molar-refractivity contribution is 0.394. The van der Waals surface area contributed by atoms with E-state index in [1.165, 1.54) is 11.3 Å². The van der Waals surface area contributed by atoms with Crippen LogP contribution in [0.5, 0.6) is 0 Å². The summed E-state index contributed by atoms with van der Waals surface area (Å²) in [6, 6.07) is 3.50. The molecule has 1 atom stereocenters. The van der Waals surface area contributed by atoms with Gasteiger partial charge < -0.3 is 5.73 Å². The molecule has 0 aromatic carbocycles. The number of hydrogen-bond acceptors (Lipinski definition) is 4. The van der Waals surface area contributed by atoms with Gasteiger partial charge in [-0.05, 0) is 31.9 Å². The number of aryl methyl sites for hydroxylation is 1. The van der Waals surface area contributed by atoms with Gasteiger partial charge >= 0.3 is 0 Å². The molecular weight excluding hydrogens is 244 g/mol. The number of rotatable bonds is 3. The van der Waals surface area contributed by atoms with E-state index in [0.717, 1.165) is 17.7 Å². The normalized spacial score (nSPS) is 22.8. The largest absolute Gasteiger partial charge is 0.329 e. The number of hydrogen-bond donors (Lipinski definition) is 1. The molecule has 1 aromatic rings. The van der Waals surface area contributed by atoms with Gasteiger partial charge in [0.1, 0.15) is 4.21 Å². The van der Waals surface area contributed by atoms with Gasteiger partial charge in [0.2, 0.25) is 0 Å². The van der Waals surface area contributed by atoms with Gasteiger partial charge in [-0.25, -0.2) is 8.42 Å². The van der Waals surface area contributed by atoms with Crippen LogP contribution in [0.25, 0.3) is 0 Å². The SMILES string of the molecule is Cc1ccc(S(=O)(=O)N2CCC[C@H]2CN)s1. The van der Waals surface area contributed by atoms with Crippen LogP contribution in [0.4, 0.5) is 0 Å². The van der Waals surface area contributed by atoms with Gasteiger partial charge in [0.05, 0.1) is 0 Å². The van der Waals surface area contributed by atoms with Crippen molar-refractivity contribution in [1.82, 2.24) is 4.31 Å². The van der Waals surface area contributed by atoms with Crippen LogP contribution >= 0.6 is 11.3 Å².